The number of nitrogens with one attached hydrogen (secondary N) is 1. The first-order valence-electron chi connectivity index (χ1n) is 4.69. The number of hydrogen-bond donors (Lipinski definition) is 1. The molecule has 0 aliphatic heterocycles. The Kier molecular flexibility index (Phi) is 2.83. The summed E-state index contributed by atoms with van der Waals surface area (Å²) in [7, 11) is 1.63. The number of para-hydroxylation sites is 1. The van der Waals surface area contributed by atoms with E-state index >= 15 is 0 Å². The van der Waals surface area contributed by atoms with E-state index in [1.165, 1.54) is 0 Å². The highest BCUT2D eigenvalue weighted by Crippen LogP contribution is 2.19. The highest BCUT2D eigenvalue weighted by atomic mass is 16.5. The number of anilines is 2. The molecule has 3 heteroatoms. The fourth-order valence-corrected chi connectivity index (χ4v) is 1.29. The van der Waals surface area contributed by atoms with Gasteiger partial charge in [0.25, 0.3) is 0 Å². The zero-order chi connectivity index (χ0) is 10.5. The van der Waals surface area contributed by atoms with Crippen molar-refractivity contribution in [2.75, 3.05) is 12.4 Å². The SMILES string of the molecule is COc1cncc(Nc2ccccc2)c1. The van der Waals surface area contributed by atoms with Gasteiger partial charge in [-0.05, 0) is 12.1 Å². The van der Waals surface area contributed by atoms with Gasteiger partial charge in [0.2, 0.25) is 0 Å². The highest BCUT2D eigenvalue weighted by Gasteiger charge is 1.96. The lowest BCUT2D eigenvalue weighted by molar-refractivity contribution is 0.413. The number of pyridine rings is 1. The molecule has 0 saturated heterocycles. The van der Waals surface area contributed by atoms with Gasteiger partial charge in [0.15, 0.2) is 0 Å². The van der Waals surface area contributed by atoms with Crippen LogP contribution in [0.15, 0.2) is 48.8 Å². The highest BCUT2D eigenvalue weighted by molar-refractivity contribution is 5.59. The molecule has 1 heterocycles. The summed E-state index contributed by atoms with van der Waals surface area (Å²) in [4.78, 5) is 4.06. The Bertz CT molecular complexity index is 429. The lowest BCUT2D eigenvalue weighted by atomic mass is 10.3. The largest absolute Gasteiger partial charge is 0.495 e. The van der Waals surface area contributed by atoms with Crippen molar-refractivity contribution < 1.29 is 4.74 Å². The van der Waals surface area contributed by atoms with Crippen molar-refractivity contribution in [2.45, 2.75) is 0 Å². The molecular formula is C12H12N2O. The molecule has 3 nitrogen and oxygen atoms in total. The summed E-state index contributed by atoms with van der Waals surface area (Å²) in [6.07, 6.45) is 3.44. The molecule has 0 saturated carbocycles. The summed E-state index contributed by atoms with van der Waals surface area (Å²) in [6, 6.07) is 11.8. The van der Waals surface area contributed by atoms with Crippen molar-refractivity contribution in [2.24, 2.45) is 0 Å². The molecule has 1 N–H and O–H groups in total. The number of aromatic nitrogens is 1. The van der Waals surface area contributed by atoms with E-state index in [1.54, 1.807) is 19.5 Å². The molecule has 0 atom stereocenters. The van der Waals surface area contributed by atoms with Gasteiger partial charge in [0.1, 0.15) is 5.75 Å². The van der Waals surface area contributed by atoms with Gasteiger partial charge in [0, 0.05) is 11.8 Å². The lowest BCUT2D eigenvalue weighted by Crippen LogP contribution is -1.92. The molecule has 2 rings (SSSR count). The number of benzene rings is 1. The van der Waals surface area contributed by atoms with E-state index in [0.717, 1.165) is 17.1 Å². The first-order valence-corrected chi connectivity index (χ1v) is 4.69. The molecular weight excluding hydrogens is 188 g/mol. The maximum absolute atomic E-state index is 5.09. The van der Waals surface area contributed by atoms with Crippen LogP contribution in [-0.2, 0) is 0 Å². The van der Waals surface area contributed by atoms with Crippen LogP contribution in [0.4, 0.5) is 11.4 Å². The number of methoxy groups -OCH3 is 1. The fraction of sp³-hybridized carbons (Fsp3) is 0.0833. The molecule has 0 amide bonds. The fourth-order valence-electron chi connectivity index (χ4n) is 1.29. The average molecular weight is 200 g/mol. The van der Waals surface area contributed by atoms with Crippen molar-refractivity contribution in [3.63, 3.8) is 0 Å². The van der Waals surface area contributed by atoms with Crippen molar-refractivity contribution >= 4 is 11.4 Å². The predicted octanol–water partition coefficient (Wildman–Crippen LogP) is 2.83. The van der Waals surface area contributed by atoms with Crippen LogP contribution in [0.3, 0.4) is 0 Å². The second-order valence-electron chi connectivity index (χ2n) is 3.10. The van der Waals surface area contributed by atoms with E-state index in [1.807, 2.05) is 36.4 Å². The molecule has 0 bridgehead atoms. The topological polar surface area (TPSA) is 34.1 Å². The van der Waals surface area contributed by atoms with Crippen molar-refractivity contribution in [1.82, 2.24) is 4.98 Å². The van der Waals surface area contributed by atoms with Gasteiger partial charge < -0.3 is 10.1 Å². The van der Waals surface area contributed by atoms with Crippen LogP contribution >= 0.6 is 0 Å². The monoisotopic (exact) mass is 200 g/mol. The van der Waals surface area contributed by atoms with Gasteiger partial charge in [-0.25, -0.2) is 0 Å². The summed E-state index contributed by atoms with van der Waals surface area (Å²) < 4.78 is 5.09. The van der Waals surface area contributed by atoms with Gasteiger partial charge in [0.05, 0.1) is 25.2 Å². The van der Waals surface area contributed by atoms with Crippen molar-refractivity contribution in [1.29, 1.82) is 0 Å². The zero-order valence-corrected chi connectivity index (χ0v) is 8.47. The minimum atomic E-state index is 0.746. The van der Waals surface area contributed by atoms with Crippen LogP contribution < -0.4 is 10.1 Å². The second-order valence-corrected chi connectivity index (χ2v) is 3.10. The molecule has 0 unspecified atom stereocenters. The number of nitrogens with zero attached hydrogens (tertiary/aromatic N) is 1. The molecule has 2 aromatic rings. The van der Waals surface area contributed by atoms with Crippen LogP contribution in [0.2, 0.25) is 0 Å². The first kappa shape index (κ1) is 9.52. The van der Waals surface area contributed by atoms with E-state index in [2.05, 4.69) is 10.3 Å². The maximum Gasteiger partial charge on any atom is 0.139 e. The third-order valence-electron chi connectivity index (χ3n) is 2.01. The lowest BCUT2D eigenvalue weighted by Gasteiger charge is -2.06. The third kappa shape index (κ3) is 2.47. The van der Waals surface area contributed by atoms with E-state index in [9.17, 15) is 0 Å². The first-order chi connectivity index (χ1) is 7.38. The normalized spacial score (nSPS) is 9.67. The summed E-state index contributed by atoms with van der Waals surface area (Å²) >= 11 is 0. The Morgan fingerprint density at radius 1 is 1.07 bits per heavy atom. The van der Waals surface area contributed by atoms with Gasteiger partial charge in [-0.2, -0.15) is 0 Å². The Morgan fingerprint density at radius 2 is 1.87 bits per heavy atom. The van der Waals surface area contributed by atoms with E-state index in [-0.39, 0.29) is 0 Å². The van der Waals surface area contributed by atoms with Gasteiger partial charge in [-0.15, -0.1) is 0 Å². The Hall–Kier alpha value is -2.03. The van der Waals surface area contributed by atoms with Gasteiger partial charge in [-0.1, -0.05) is 18.2 Å². The van der Waals surface area contributed by atoms with Gasteiger partial charge >= 0.3 is 0 Å². The zero-order valence-electron chi connectivity index (χ0n) is 8.47. The summed E-state index contributed by atoms with van der Waals surface area (Å²) in [5.74, 6) is 0.746. The van der Waals surface area contributed by atoms with Crippen molar-refractivity contribution in [3.8, 4) is 5.75 Å². The van der Waals surface area contributed by atoms with Crippen LogP contribution in [0.25, 0.3) is 0 Å². The van der Waals surface area contributed by atoms with E-state index in [0.29, 0.717) is 0 Å². The molecule has 15 heavy (non-hydrogen) atoms. The summed E-state index contributed by atoms with van der Waals surface area (Å²) in [5, 5.41) is 3.24. The van der Waals surface area contributed by atoms with Crippen LogP contribution in [0.5, 0.6) is 5.75 Å². The molecule has 0 aliphatic rings. The Labute approximate surface area is 88.7 Å². The van der Waals surface area contributed by atoms with E-state index < -0.39 is 0 Å². The quantitative estimate of drug-likeness (QED) is 0.827. The molecule has 0 fully saturated rings. The van der Waals surface area contributed by atoms with Crippen LogP contribution in [-0.4, -0.2) is 12.1 Å². The summed E-state index contributed by atoms with van der Waals surface area (Å²) in [5.41, 5.74) is 1.95. The molecule has 0 radical (unpaired) electrons. The van der Waals surface area contributed by atoms with Crippen LogP contribution in [0.1, 0.15) is 0 Å². The smallest absolute Gasteiger partial charge is 0.139 e. The maximum atomic E-state index is 5.09. The minimum absolute atomic E-state index is 0.746. The van der Waals surface area contributed by atoms with Crippen LogP contribution in [0, 0.1) is 0 Å². The second kappa shape index (κ2) is 4.46. The predicted molar refractivity (Wildman–Crippen MR) is 60.5 cm³/mol. The van der Waals surface area contributed by atoms with E-state index in [4.69, 9.17) is 4.74 Å². The molecule has 0 spiro atoms. The third-order valence-corrected chi connectivity index (χ3v) is 2.01. The van der Waals surface area contributed by atoms with Gasteiger partial charge in [-0.3, -0.25) is 4.98 Å². The Balaban J connectivity index is 2.17. The molecule has 0 aliphatic carbocycles. The van der Waals surface area contributed by atoms with Crippen molar-refractivity contribution in [3.05, 3.63) is 48.8 Å². The number of ether oxygens (including phenoxy) is 1. The minimum Gasteiger partial charge on any atom is -0.495 e. The molecule has 1 aromatic carbocycles. The number of rotatable bonds is 3. The summed E-state index contributed by atoms with van der Waals surface area (Å²) in [6.45, 7) is 0. The molecule has 76 valence electrons. The Morgan fingerprint density at radius 3 is 2.60 bits per heavy atom. The standard InChI is InChI=1S/C12H12N2O/c1-15-12-7-11(8-13-9-12)14-10-5-3-2-4-6-10/h2-9,14H,1H3. The number of hydrogen-bond acceptors (Lipinski definition) is 3. The molecule has 1 aromatic heterocycles. The average Bonchev–Trinajstić information content (AvgIpc) is 2.31.